The Labute approximate surface area is 136 Å². The number of ether oxygens (including phenoxy) is 1. The molecule has 0 radical (unpaired) electrons. The van der Waals surface area contributed by atoms with Crippen LogP contribution in [0.1, 0.15) is 18.4 Å². The van der Waals surface area contributed by atoms with Crippen LogP contribution in [0.25, 0.3) is 0 Å². The first kappa shape index (κ1) is 16.4. The van der Waals surface area contributed by atoms with Gasteiger partial charge in [-0.3, -0.25) is 0 Å². The smallest absolute Gasteiger partial charge is 0.371 e. The van der Waals surface area contributed by atoms with Crippen molar-refractivity contribution in [1.29, 1.82) is 0 Å². The molecule has 1 aliphatic carbocycles. The number of hydrogen-bond acceptors (Lipinski definition) is 2. The van der Waals surface area contributed by atoms with Gasteiger partial charge < -0.3 is 10.1 Å². The quantitative estimate of drug-likeness (QED) is 0.875. The molecule has 0 spiro atoms. The zero-order chi connectivity index (χ0) is 16.0. The summed E-state index contributed by atoms with van der Waals surface area (Å²) in [5.74, 6) is 0. The Bertz CT molecular complexity index is 580. The van der Waals surface area contributed by atoms with Crippen molar-refractivity contribution in [3.8, 4) is 0 Å². The van der Waals surface area contributed by atoms with Crippen LogP contribution in [-0.2, 0) is 10.2 Å². The molecule has 1 N–H and O–H groups in total. The Hall–Kier alpha value is -0.490. The minimum atomic E-state index is -4.29. The van der Waals surface area contributed by atoms with E-state index in [2.05, 4.69) is 5.32 Å². The van der Waals surface area contributed by atoms with Crippen molar-refractivity contribution in [1.82, 2.24) is 5.32 Å². The lowest BCUT2D eigenvalue weighted by atomic mass is 9.81. The fourth-order valence-corrected chi connectivity index (χ4v) is 3.99. The molecular weight excluding hydrogens is 338 g/mol. The van der Waals surface area contributed by atoms with Crippen molar-refractivity contribution in [2.75, 3.05) is 26.3 Å². The summed E-state index contributed by atoms with van der Waals surface area (Å²) in [7, 11) is 0. The van der Waals surface area contributed by atoms with Gasteiger partial charge in [0, 0.05) is 17.4 Å². The van der Waals surface area contributed by atoms with E-state index in [1.165, 1.54) is 0 Å². The fourth-order valence-electron chi connectivity index (χ4n) is 3.70. The molecule has 1 saturated carbocycles. The molecule has 0 unspecified atom stereocenters. The second-order valence-electron chi connectivity index (χ2n) is 6.20. The third-order valence-electron chi connectivity index (χ3n) is 4.84. The summed E-state index contributed by atoms with van der Waals surface area (Å²) in [6.45, 7) is 0.387. The third-order valence-corrected chi connectivity index (χ3v) is 5.58. The SMILES string of the molecule is FC(F)(F)COC[C@]12CNCC[C@@]1(c1ccc(Cl)c(Cl)c1)C2. The van der Waals surface area contributed by atoms with Crippen molar-refractivity contribution in [2.24, 2.45) is 5.41 Å². The lowest BCUT2D eigenvalue weighted by Crippen LogP contribution is -2.41. The summed E-state index contributed by atoms with van der Waals surface area (Å²) < 4.78 is 41.8. The van der Waals surface area contributed by atoms with Crippen LogP contribution in [0.4, 0.5) is 13.2 Å². The second kappa shape index (κ2) is 5.55. The van der Waals surface area contributed by atoms with E-state index in [4.69, 9.17) is 27.9 Å². The van der Waals surface area contributed by atoms with E-state index >= 15 is 0 Å². The van der Waals surface area contributed by atoms with Crippen molar-refractivity contribution < 1.29 is 17.9 Å². The Morgan fingerprint density at radius 3 is 2.68 bits per heavy atom. The molecule has 2 nitrogen and oxygen atoms in total. The fraction of sp³-hybridized carbons (Fsp3) is 0.600. The Balaban J connectivity index is 1.78. The van der Waals surface area contributed by atoms with Gasteiger partial charge in [0.15, 0.2) is 0 Å². The van der Waals surface area contributed by atoms with Gasteiger partial charge in [-0.1, -0.05) is 29.3 Å². The van der Waals surface area contributed by atoms with E-state index in [1.54, 1.807) is 6.07 Å². The highest BCUT2D eigenvalue weighted by atomic mass is 35.5. The third kappa shape index (κ3) is 2.84. The molecule has 0 amide bonds. The van der Waals surface area contributed by atoms with E-state index in [9.17, 15) is 13.2 Å². The van der Waals surface area contributed by atoms with Crippen LogP contribution in [0.5, 0.6) is 0 Å². The van der Waals surface area contributed by atoms with Crippen LogP contribution in [0.2, 0.25) is 10.0 Å². The Kier molecular flexibility index (Phi) is 4.13. The summed E-state index contributed by atoms with van der Waals surface area (Å²) in [5.41, 5.74) is 0.602. The minimum absolute atomic E-state index is 0.0970. The predicted molar refractivity (Wildman–Crippen MR) is 79.6 cm³/mol. The van der Waals surface area contributed by atoms with Crippen LogP contribution in [0.3, 0.4) is 0 Å². The van der Waals surface area contributed by atoms with Crippen molar-refractivity contribution in [2.45, 2.75) is 24.4 Å². The molecule has 2 aliphatic rings. The molecule has 7 heteroatoms. The monoisotopic (exact) mass is 353 g/mol. The Morgan fingerprint density at radius 1 is 1.23 bits per heavy atom. The molecule has 1 saturated heterocycles. The molecule has 1 aromatic rings. The molecule has 2 atom stereocenters. The molecule has 0 bridgehead atoms. The zero-order valence-corrected chi connectivity index (χ0v) is 13.3. The van der Waals surface area contributed by atoms with Crippen molar-refractivity contribution in [3.05, 3.63) is 33.8 Å². The molecule has 1 aliphatic heterocycles. The van der Waals surface area contributed by atoms with Gasteiger partial charge in [0.05, 0.1) is 16.7 Å². The number of alkyl halides is 3. The molecule has 1 aromatic carbocycles. The van der Waals surface area contributed by atoms with Gasteiger partial charge in [-0.15, -0.1) is 0 Å². The Morgan fingerprint density at radius 2 is 2.00 bits per heavy atom. The highest BCUT2D eigenvalue weighted by Crippen LogP contribution is 2.68. The molecule has 3 rings (SSSR count). The summed E-state index contributed by atoms with van der Waals surface area (Å²) in [6.07, 6.45) is -2.62. The van der Waals surface area contributed by atoms with Gasteiger partial charge in [0.25, 0.3) is 0 Å². The van der Waals surface area contributed by atoms with Crippen molar-refractivity contribution in [3.63, 3.8) is 0 Å². The first-order valence-electron chi connectivity index (χ1n) is 7.09. The van der Waals surface area contributed by atoms with E-state index in [-0.39, 0.29) is 17.4 Å². The molecule has 1 heterocycles. The average Bonchev–Trinajstić information content (AvgIpc) is 3.10. The van der Waals surface area contributed by atoms with Crippen molar-refractivity contribution >= 4 is 23.2 Å². The molecule has 122 valence electrons. The summed E-state index contributed by atoms with van der Waals surface area (Å²) in [5, 5.41) is 4.22. The van der Waals surface area contributed by atoms with Crippen LogP contribution in [0.15, 0.2) is 18.2 Å². The van der Waals surface area contributed by atoms with Gasteiger partial charge >= 0.3 is 6.18 Å². The minimum Gasteiger partial charge on any atom is -0.371 e. The van der Waals surface area contributed by atoms with E-state index in [0.717, 1.165) is 24.9 Å². The standard InChI is InChI=1S/C15H16Cl2F3NO/c16-11-2-1-10(5-12(11)17)14-3-4-21-7-13(14,6-14)8-22-9-15(18,19)20/h1-2,5,21H,3-4,6-9H2/t13-,14-/m0/s1. The topological polar surface area (TPSA) is 21.3 Å². The zero-order valence-electron chi connectivity index (χ0n) is 11.8. The predicted octanol–water partition coefficient (Wildman–Crippen LogP) is 4.19. The first-order chi connectivity index (χ1) is 10.3. The number of hydrogen-bond donors (Lipinski definition) is 1. The maximum absolute atomic E-state index is 12.3. The highest BCUT2D eigenvalue weighted by Gasteiger charge is 2.68. The number of halogens is 5. The lowest BCUT2D eigenvalue weighted by molar-refractivity contribution is -0.178. The van der Waals surface area contributed by atoms with Gasteiger partial charge in [-0.05, 0) is 37.1 Å². The van der Waals surface area contributed by atoms with Crippen LogP contribution in [0, 0.1) is 5.41 Å². The van der Waals surface area contributed by atoms with Crippen LogP contribution >= 0.6 is 23.2 Å². The summed E-state index contributed by atoms with van der Waals surface area (Å²) >= 11 is 12.0. The molecule has 0 aromatic heterocycles. The van der Waals surface area contributed by atoms with E-state index < -0.39 is 12.8 Å². The molecular formula is C15H16Cl2F3NO. The lowest BCUT2D eigenvalue weighted by Gasteiger charge is -2.32. The number of fused-ring (bicyclic) bond motifs is 1. The summed E-state index contributed by atoms with van der Waals surface area (Å²) in [4.78, 5) is 0. The molecule has 22 heavy (non-hydrogen) atoms. The number of benzene rings is 1. The second-order valence-corrected chi connectivity index (χ2v) is 7.02. The van der Waals surface area contributed by atoms with E-state index in [1.807, 2.05) is 12.1 Å². The van der Waals surface area contributed by atoms with Crippen LogP contribution < -0.4 is 5.32 Å². The largest absolute Gasteiger partial charge is 0.411 e. The normalized spacial score (nSPS) is 31.0. The van der Waals surface area contributed by atoms with Crippen LogP contribution in [-0.4, -0.2) is 32.5 Å². The van der Waals surface area contributed by atoms with E-state index in [0.29, 0.717) is 16.6 Å². The number of rotatable bonds is 4. The number of piperidine rings is 1. The average molecular weight is 354 g/mol. The summed E-state index contributed by atoms with van der Waals surface area (Å²) in [6, 6.07) is 5.50. The highest BCUT2D eigenvalue weighted by molar-refractivity contribution is 6.42. The van der Waals surface area contributed by atoms with Gasteiger partial charge in [-0.25, -0.2) is 0 Å². The van der Waals surface area contributed by atoms with Gasteiger partial charge in [0.2, 0.25) is 0 Å². The van der Waals surface area contributed by atoms with Gasteiger partial charge in [0.1, 0.15) is 6.61 Å². The first-order valence-corrected chi connectivity index (χ1v) is 7.84. The molecule has 2 fully saturated rings. The number of nitrogens with one attached hydrogen (secondary N) is 1. The van der Waals surface area contributed by atoms with Gasteiger partial charge in [-0.2, -0.15) is 13.2 Å². The maximum Gasteiger partial charge on any atom is 0.411 e. The maximum atomic E-state index is 12.3.